The van der Waals surface area contributed by atoms with Gasteiger partial charge in [-0.25, -0.2) is 4.39 Å². The maximum absolute atomic E-state index is 12.9. The van der Waals surface area contributed by atoms with Crippen LogP contribution in [0.15, 0.2) is 30.9 Å². The lowest BCUT2D eigenvalue weighted by Gasteiger charge is -2.06. The highest BCUT2D eigenvalue weighted by atomic mass is 19.1. The maximum Gasteiger partial charge on any atom is 0.133 e. The molecule has 0 fully saturated rings. The zero-order valence-corrected chi connectivity index (χ0v) is 6.37. The Morgan fingerprint density at radius 2 is 2.17 bits per heavy atom. The zero-order valence-electron chi connectivity index (χ0n) is 6.37. The van der Waals surface area contributed by atoms with E-state index in [0.717, 1.165) is 6.07 Å². The number of phenols is 1. The Hall–Kier alpha value is -1.35. The van der Waals surface area contributed by atoms with E-state index in [1.807, 2.05) is 0 Å². The molecule has 12 heavy (non-hydrogen) atoms. The minimum absolute atomic E-state index is 0.114. The van der Waals surface area contributed by atoms with Crippen molar-refractivity contribution >= 4 is 0 Å². The number of rotatable bonds is 2. The minimum Gasteiger partial charge on any atom is -0.508 e. The smallest absolute Gasteiger partial charge is 0.133 e. The second-order valence-corrected chi connectivity index (χ2v) is 2.39. The van der Waals surface area contributed by atoms with E-state index >= 15 is 0 Å². The maximum atomic E-state index is 12.9. The third kappa shape index (κ3) is 1.62. The molecule has 0 amide bonds. The molecule has 1 rings (SSSR count). The van der Waals surface area contributed by atoms with Gasteiger partial charge in [0.25, 0.3) is 0 Å². The number of benzene rings is 1. The second-order valence-electron chi connectivity index (χ2n) is 2.39. The number of hydrogen-bond donors (Lipinski definition) is 2. The van der Waals surface area contributed by atoms with E-state index in [1.54, 1.807) is 0 Å². The van der Waals surface area contributed by atoms with Crippen LogP contribution in [0, 0.1) is 5.82 Å². The van der Waals surface area contributed by atoms with Gasteiger partial charge in [-0.05, 0) is 12.1 Å². The molecule has 3 heteroatoms. The number of halogens is 1. The van der Waals surface area contributed by atoms with Gasteiger partial charge in [-0.3, -0.25) is 0 Å². The fraction of sp³-hybridized carbons (Fsp3) is 0.111. The highest BCUT2D eigenvalue weighted by Gasteiger charge is 2.08. The van der Waals surface area contributed by atoms with Crippen LogP contribution < -0.4 is 0 Å². The molecule has 1 aromatic rings. The van der Waals surface area contributed by atoms with Gasteiger partial charge in [0.1, 0.15) is 11.6 Å². The van der Waals surface area contributed by atoms with E-state index < -0.39 is 11.9 Å². The number of aromatic hydroxyl groups is 1. The van der Waals surface area contributed by atoms with E-state index in [2.05, 4.69) is 6.58 Å². The van der Waals surface area contributed by atoms with Crippen LogP contribution in [0.2, 0.25) is 0 Å². The van der Waals surface area contributed by atoms with Gasteiger partial charge in [-0.2, -0.15) is 0 Å². The standard InChI is InChI=1S/C9H9FO2/c1-2-9(12)7-4-3-6(11)5-8(7)10/h2-5,9,11-12H,1H2. The molecule has 64 valence electrons. The predicted octanol–water partition coefficient (Wildman–Crippen LogP) is 1.75. The van der Waals surface area contributed by atoms with Crippen LogP contribution in [0.5, 0.6) is 5.75 Å². The lowest BCUT2D eigenvalue weighted by molar-refractivity contribution is 0.223. The first-order chi connectivity index (χ1) is 5.65. The molecule has 0 saturated heterocycles. The summed E-state index contributed by atoms with van der Waals surface area (Å²) < 4.78 is 12.9. The molecular weight excluding hydrogens is 159 g/mol. The number of aliphatic hydroxyl groups excluding tert-OH is 1. The molecule has 1 unspecified atom stereocenters. The molecule has 0 saturated carbocycles. The Bertz CT molecular complexity index is 297. The van der Waals surface area contributed by atoms with Crippen molar-refractivity contribution in [3.05, 3.63) is 42.2 Å². The summed E-state index contributed by atoms with van der Waals surface area (Å²) in [5.74, 6) is -0.796. The fourth-order valence-electron chi connectivity index (χ4n) is 0.883. The molecule has 0 spiro atoms. The Balaban J connectivity index is 3.09. The first-order valence-electron chi connectivity index (χ1n) is 3.44. The third-order valence-electron chi connectivity index (χ3n) is 1.53. The number of phenolic OH excluding ortho intramolecular Hbond substituents is 1. The first-order valence-corrected chi connectivity index (χ1v) is 3.44. The molecule has 0 heterocycles. The van der Waals surface area contributed by atoms with Crippen LogP contribution in [0.4, 0.5) is 4.39 Å². The molecule has 0 bridgehead atoms. The molecule has 0 aliphatic heterocycles. The van der Waals surface area contributed by atoms with Gasteiger partial charge in [-0.15, -0.1) is 6.58 Å². The van der Waals surface area contributed by atoms with Crippen molar-refractivity contribution in [2.75, 3.05) is 0 Å². The van der Waals surface area contributed by atoms with E-state index in [1.165, 1.54) is 18.2 Å². The van der Waals surface area contributed by atoms with Crippen LogP contribution in [0.3, 0.4) is 0 Å². The monoisotopic (exact) mass is 168 g/mol. The van der Waals surface area contributed by atoms with Crippen molar-refractivity contribution in [3.8, 4) is 5.75 Å². The third-order valence-corrected chi connectivity index (χ3v) is 1.53. The summed E-state index contributed by atoms with van der Waals surface area (Å²) in [7, 11) is 0. The SMILES string of the molecule is C=CC(O)c1ccc(O)cc1F. The summed E-state index contributed by atoms with van der Waals surface area (Å²) >= 11 is 0. The molecule has 2 N–H and O–H groups in total. The minimum atomic E-state index is -1.02. The van der Waals surface area contributed by atoms with Gasteiger partial charge in [0.15, 0.2) is 0 Å². The Morgan fingerprint density at radius 3 is 2.67 bits per heavy atom. The summed E-state index contributed by atoms with van der Waals surface area (Å²) in [4.78, 5) is 0. The van der Waals surface area contributed by atoms with Crippen LogP contribution in [-0.4, -0.2) is 10.2 Å². The molecule has 1 atom stereocenters. The van der Waals surface area contributed by atoms with Crippen LogP contribution >= 0.6 is 0 Å². The topological polar surface area (TPSA) is 40.5 Å². The summed E-state index contributed by atoms with van der Waals surface area (Å²) in [6.07, 6.45) is 0.195. The lowest BCUT2D eigenvalue weighted by atomic mass is 10.1. The predicted molar refractivity (Wildman–Crippen MR) is 43.2 cm³/mol. The van der Waals surface area contributed by atoms with Gasteiger partial charge in [0.2, 0.25) is 0 Å². The van der Waals surface area contributed by atoms with E-state index in [-0.39, 0.29) is 11.3 Å². The van der Waals surface area contributed by atoms with Crippen molar-refractivity contribution < 1.29 is 14.6 Å². The Morgan fingerprint density at radius 1 is 1.50 bits per heavy atom. The molecule has 0 aromatic heterocycles. The van der Waals surface area contributed by atoms with Crippen molar-refractivity contribution in [2.45, 2.75) is 6.10 Å². The summed E-state index contributed by atoms with van der Waals surface area (Å²) in [5, 5.41) is 18.0. The zero-order chi connectivity index (χ0) is 9.14. The van der Waals surface area contributed by atoms with Gasteiger partial charge >= 0.3 is 0 Å². The normalized spacial score (nSPS) is 12.5. The number of hydrogen-bond acceptors (Lipinski definition) is 2. The van der Waals surface area contributed by atoms with Gasteiger partial charge in [-0.1, -0.05) is 6.08 Å². The second kappa shape index (κ2) is 3.36. The molecule has 2 nitrogen and oxygen atoms in total. The summed E-state index contributed by atoms with van der Waals surface area (Å²) in [6.45, 7) is 3.32. The van der Waals surface area contributed by atoms with Gasteiger partial charge in [0.05, 0.1) is 6.10 Å². The van der Waals surface area contributed by atoms with Crippen LogP contribution in [0.25, 0.3) is 0 Å². The molecule has 0 aliphatic carbocycles. The van der Waals surface area contributed by atoms with Crippen molar-refractivity contribution in [1.29, 1.82) is 0 Å². The highest BCUT2D eigenvalue weighted by molar-refractivity contribution is 5.30. The van der Waals surface area contributed by atoms with Crippen molar-refractivity contribution in [3.63, 3.8) is 0 Å². The summed E-state index contributed by atoms with van der Waals surface area (Å²) in [5.41, 5.74) is 0.114. The van der Waals surface area contributed by atoms with Crippen molar-refractivity contribution in [2.24, 2.45) is 0 Å². The first kappa shape index (κ1) is 8.74. The quantitative estimate of drug-likeness (QED) is 0.660. The van der Waals surface area contributed by atoms with E-state index in [0.29, 0.717) is 0 Å². The molecular formula is C9H9FO2. The fourth-order valence-corrected chi connectivity index (χ4v) is 0.883. The summed E-state index contributed by atoms with van der Waals surface area (Å²) in [6, 6.07) is 3.57. The van der Waals surface area contributed by atoms with E-state index in [4.69, 9.17) is 10.2 Å². The van der Waals surface area contributed by atoms with E-state index in [9.17, 15) is 4.39 Å². The average molecular weight is 168 g/mol. The van der Waals surface area contributed by atoms with Gasteiger partial charge < -0.3 is 10.2 Å². The van der Waals surface area contributed by atoms with Crippen LogP contribution in [0.1, 0.15) is 11.7 Å². The molecule has 1 aromatic carbocycles. The largest absolute Gasteiger partial charge is 0.508 e. The van der Waals surface area contributed by atoms with Crippen LogP contribution in [-0.2, 0) is 0 Å². The highest BCUT2D eigenvalue weighted by Crippen LogP contribution is 2.21. The molecule has 0 radical (unpaired) electrons. The Labute approximate surface area is 69.6 Å². The lowest BCUT2D eigenvalue weighted by Crippen LogP contribution is -1.95. The Kier molecular flexibility index (Phi) is 2.45. The van der Waals surface area contributed by atoms with Crippen molar-refractivity contribution in [1.82, 2.24) is 0 Å². The average Bonchev–Trinajstić information content (AvgIpc) is 2.03. The molecule has 0 aliphatic rings. The number of aliphatic hydroxyl groups is 1. The van der Waals surface area contributed by atoms with Gasteiger partial charge in [0, 0.05) is 11.6 Å².